The van der Waals surface area contributed by atoms with Crippen molar-refractivity contribution < 1.29 is 8.78 Å². The lowest BCUT2D eigenvalue weighted by atomic mass is 10.5. The number of hydrogen-bond donors (Lipinski definition) is 1. The largest absolute Gasteiger partial charge is 0.254 e. The molecular weight excluding hydrogens is 106 g/mol. The van der Waals surface area contributed by atoms with Gasteiger partial charge in [0, 0.05) is 6.92 Å². The number of hydrogen-bond acceptors (Lipinski definition) is 1. The average molecular weight is 112 g/mol. The summed E-state index contributed by atoms with van der Waals surface area (Å²) in [5.74, 6) is -2.96. The van der Waals surface area contributed by atoms with Gasteiger partial charge in [0.2, 0.25) is 0 Å². The van der Waals surface area contributed by atoms with Crippen LogP contribution in [0.15, 0.2) is 0 Å². The Kier molecular flexibility index (Phi) is 1.84. The summed E-state index contributed by atoms with van der Waals surface area (Å²) in [6.07, 6.45) is 0. The lowest BCUT2D eigenvalue weighted by Crippen LogP contribution is -2.10. The van der Waals surface area contributed by atoms with Crippen LogP contribution in [-0.2, 0) is 0 Å². The summed E-state index contributed by atoms with van der Waals surface area (Å²) in [6, 6.07) is 0. The summed E-state index contributed by atoms with van der Waals surface area (Å²) in [7, 11) is 0. The van der Waals surface area contributed by atoms with E-state index in [1.165, 1.54) is 0 Å². The Morgan fingerprint density at radius 1 is 1.67 bits per heavy atom. The highest BCUT2D eigenvalue weighted by molar-refractivity contribution is 7.80. The molecule has 0 aromatic heterocycles. The van der Waals surface area contributed by atoms with E-state index in [0.29, 0.717) is 0 Å². The van der Waals surface area contributed by atoms with E-state index in [4.69, 9.17) is 0 Å². The first-order valence-electron chi connectivity index (χ1n) is 1.55. The van der Waals surface area contributed by atoms with Gasteiger partial charge >= 0.3 is 0 Å². The second-order valence-corrected chi connectivity index (χ2v) is 1.54. The maximum Gasteiger partial charge on any atom is 0.254 e. The number of rotatable bonds is 1. The van der Waals surface area contributed by atoms with Gasteiger partial charge in [-0.1, -0.05) is 0 Å². The molecule has 0 saturated heterocycles. The maximum absolute atomic E-state index is 11.4. The zero-order valence-electron chi connectivity index (χ0n) is 3.41. The van der Waals surface area contributed by atoms with Crippen LogP contribution in [-0.4, -0.2) is 11.7 Å². The third-order valence-corrected chi connectivity index (χ3v) is 0.833. The minimum Gasteiger partial charge on any atom is -0.206 e. The van der Waals surface area contributed by atoms with E-state index in [-0.39, 0.29) is 5.75 Å². The molecule has 0 aliphatic carbocycles. The van der Waals surface area contributed by atoms with Crippen LogP contribution in [0.4, 0.5) is 8.78 Å². The predicted octanol–water partition coefficient (Wildman–Crippen LogP) is 1.57. The number of thiol groups is 1. The minimum absolute atomic E-state index is 0.368. The SMILES string of the molecule is CC(F)(F)CS. The lowest BCUT2D eigenvalue weighted by Gasteiger charge is -2.01. The molecule has 0 N–H and O–H groups in total. The van der Waals surface area contributed by atoms with Crippen molar-refractivity contribution in [1.29, 1.82) is 0 Å². The van der Waals surface area contributed by atoms with Gasteiger partial charge in [0.15, 0.2) is 0 Å². The molecule has 0 rings (SSSR count). The molecule has 0 radical (unpaired) electrons. The molecular formula is C3H6F2S. The van der Waals surface area contributed by atoms with Gasteiger partial charge in [0.25, 0.3) is 5.92 Å². The first kappa shape index (κ1) is 6.21. The van der Waals surface area contributed by atoms with E-state index >= 15 is 0 Å². The van der Waals surface area contributed by atoms with E-state index in [1.807, 2.05) is 0 Å². The van der Waals surface area contributed by atoms with Crippen molar-refractivity contribution in [2.24, 2.45) is 0 Å². The maximum atomic E-state index is 11.4. The molecule has 0 nitrogen and oxygen atoms in total. The zero-order chi connectivity index (χ0) is 5.21. The van der Waals surface area contributed by atoms with E-state index in [2.05, 4.69) is 12.6 Å². The van der Waals surface area contributed by atoms with Crippen molar-refractivity contribution >= 4 is 12.6 Å². The molecule has 0 aromatic rings. The van der Waals surface area contributed by atoms with Gasteiger partial charge in [-0.05, 0) is 0 Å². The molecule has 0 fully saturated rings. The summed E-state index contributed by atoms with van der Waals surface area (Å²) in [5, 5.41) is 0. The van der Waals surface area contributed by atoms with Gasteiger partial charge in [-0.15, -0.1) is 0 Å². The quantitative estimate of drug-likeness (QED) is 0.489. The second-order valence-electron chi connectivity index (χ2n) is 1.23. The molecule has 0 unspecified atom stereocenters. The third kappa shape index (κ3) is 4.21. The fourth-order valence-corrected chi connectivity index (χ4v) is 0. The van der Waals surface area contributed by atoms with Crippen LogP contribution in [0.1, 0.15) is 6.92 Å². The first-order valence-corrected chi connectivity index (χ1v) is 2.18. The summed E-state index contributed by atoms with van der Waals surface area (Å²) in [5.41, 5.74) is 0. The van der Waals surface area contributed by atoms with Crippen molar-refractivity contribution in [3.05, 3.63) is 0 Å². The van der Waals surface area contributed by atoms with E-state index in [1.54, 1.807) is 0 Å². The lowest BCUT2D eigenvalue weighted by molar-refractivity contribution is 0.0496. The van der Waals surface area contributed by atoms with Gasteiger partial charge in [0.1, 0.15) is 0 Å². The molecule has 0 amide bonds. The Morgan fingerprint density at radius 3 is 1.83 bits per heavy atom. The molecule has 6 heavy (non-hydrogen) atoms. The molecule has 0 bridgehead atoms. The molecule has 3 heteroatoms. The topological polar surface area (TPSA) is 0 Å². The second kappa shape index (κ2) is 1.78. The van der Waals surface area contributed by atoms with Gasteiger partial charge in [-0.2, -0.15) is 12.6 Å². The molecule has 0 heterocycles. The molecule has 0 atom stereocenters. The summed E-state index contributed by atoms with van der Waals surface area (Å²) in [6.45, 7) is 0.833. The van der Waals surface area contributed by atoms with Crippen LogP contribution in [0.5, 0.6) is 0 Å². The monoisotopic (exact) mass is 112 g/mol. The van der Waals surface area contributed by atoms with Crippen LogP contribution >= 0.6 is 12.6 Å². The Hall–Kier alpha value is 0.210. The summed E-state index contributed by atoms with van der Waals surface area (Å²) >= 11 is 3.35. The van der Waals surface area contributed by atoms with Crippen molar-refractivity contribution in [1.82, 2.24) is 0 Å². The zero-order valence-corrected chi connectivity index (χ0v) is 4.30. The fourth-order valence-electron chi connectivity index (χ4n) is 0. The van der Waals surface area contributed by atoms with E-state index in [9.17, 15) is 8.78 Å². The van der Waals surface area contributed by atoms with Crippen LogP contribution < -0.4 is 0 Å². The molecule has 0 aromatic carbocycles. The predicted molar refractivity (Wildman–Crippen MR) is 24.5 cm³/mol. The van der Waals surface area contributed by atoms with Crippen LogP contribution in [0.2, 0.25) is 0 Å². The molecule has 0 spiro atoms. The Labute approximate surface area is 41.0 Å². The van der Waals surface area contributed by atoms with Crippen LogP contribution in [0.3, 0.4) is 0 Å². The first-order chi connectivity index (χ1) is 2.56. The highest BCUT2D eigenvalue weighted by atomic mass is 32.1. The Bertz CT molecular complexity index is 38.5. The Balaban J connectivity index is 3.17. The van der Waals surface area contributed by atoms with Gasteiger partial charge in [0.05, 0.1) is 5.75 Å². The molecule has 0 saturated carbocycles. The summed E-state index contributed by atoms with van der Waals surface area (Å²) < 4.78 is 22.8. The van der Waals surface area contributed by atoms with Gasteiger partial charge < -0.3 is 0 Å². The minimum atomic E-state index is -2.59. The smallest absolute Gasteiger partial charge is 0.206 e. The van der Waals surface area contributed by atoms with E-state index in [0.717, 1.165) is 6.92 Å². The van der Waals surface area contributed by atoms with Crippen molar-refractivity contribution in [3.63, 3.8) is 0 Å². The average Bonchev–Trinajstić information content (AvgIpc) is 1.35. The van der Waals surface area contributed by atoms with Gasteiger partial charge in [-0.25, -0.2) is 8.78 Å². The van der Waals surface area contributed by atoms with Crippen molar-refractivity contribution in [3.8, 4) is 0 Å². The molecule has 38 valence electrons. The number of alkyl halides is 2. The highest BCUT2D eigenvalue weighted by Crippen LogP contribution is 2.11. The number of halogens is 2. The third-order valence-electron chi connectivity index (χ3n) is 0.278. The van der Waals surface area contributed by atoms with Crippen LogP contribution in [0.25, 0.3) is 0 Å². The highest BCUT2D eigenvalue weighted by Gasteiger charge is 2.16. The van der Waals surface area contributed by atoms with Crippen molar-refractivity contribution in [2.45, 2.75) is 12.8 Å². The molecule has 0 aliphatic rings. The normalized spacial score (nSPS) is 12.0. The summed E-state index contributed by atoms with van der Waals surface area (Å²) in [4.78, 5) is 0. The van der Waals surface area contributed by atoms with E-state index < -0.39 is 5.92 Å². The standard InChI is InChI=1S/C3H6F2S/c1-3(4,5)2-6/h6H,2H2,1H3. The Morgan fingerprint density at radius 2 is 1.83 bits per heavy atom. The van der Waals surface area contributed by atoms with Crippen molar-refractivity contribution in [2.75, 3.05) is 5.75 Å². The van der Waals surface area contributed by atoms with Crippen LogP contribution in [0, 0.1) is 0 Å². The van der Waals surface area contributed by atoms with Gasteiger partial charge in [-0.3, -0.25) is 0 Å². The molecule has 0 aliphatic heterocycles. The fraction of sp³-hybridized carbons (Fsp3) is 1.00.